The predicted octanol–water partition coefficient (Wildman–Crippen LogP) is 2.28. The zero-order valence-corrected chi connectivity index (χ0v) is 19.3. The van der Waals surface area contributed by atoms with Gasteiger partial charge in [-0.25, -0.2) is 18.3 Å². The van der Waals surface area contributed by atoms with Crippen molar-refractivity contribution in [2.75, 3.05) is 18.4 Å². The standard InChI is InChI=1S/C23H24N4O6S/c1-15(33-23(30)20-18-7-3-4-8-19(18)22(29)26-25-20)21(28)24-16-9-11-17(12-10-16)34(31,32)27-13-5-2-6-14-27/h3-4,7-12,15H,2,5-6,13-14H2,1H3,(H,24,28)(H,26,29). The third kappa shape index (κ3) is 4.85. The molecule has 1 aliphatic heterocycles. The second-order valence-corrected chi connectivity index (χ2v) is 9.91. The van der Waals surface area contributed by atoms with Gasteiger partial charge < -0.3 is 10.1 Å². The van der Waals surface area contributed by atoms with Crippen LogP contribution in [-0.2, 0) is 19.6 Å². The third-order valence-corrected chi connectivity index (χ3v) is 7.53. The van der Waals surface area contributed by atoms with Gasteiger partial charge in [0.05, 0.1) is 10.3 Å². The Labute approximate surface area is 196 Å². The van der Waals surface area contributed by atoms with Crippen LogP contribution in [0, 0.1) is 0 Å². The fourth-order valence-corrected chi connectivity index (χ4v) is 5.27. The lowest BCUT2D eigenvalue weighted by atomic mass is 10.1. The van der Waals surface area contributed by atoms with Gasteiger partial charge in [-0.1, -0.05) is 24.6 Å². The lowest BCUT2D eigenvalue weighted by Gasteiger charge is -2.25. The molecule has 1 amide bonds. The van der Waals surface area contributed by atoms with E-state index in [4.69, 9.17) is 4.74 Å². The van der Waals surface area contributed by atoms with E-state index in [1.54, 1.807) is 24.3 Å². The minimum Gasteiger partial charge on any atom is -0.448 e. The minimum atomic E-state index is -3.57. The highest BCUT2D eigenvalue weighted by molar-refractivity contribution is 7.89. The van der Waals surface area contributed by atoms with Crippen molar-refractivity contribution in [1.29, 1.82) is 0 Å². The monoisotopic (exact) mass is 484 g/mol. The lowest BCUT2D eigenvalue weighted by Crippen LogP contribution is -2.35. The SMILES string of the molecule is CC(OC(=O)c1n[nH]c(=O)c2ccccc12)C(=O)Nc1ccc(S(=O)(=O)N2CCCCC2)cc1. The molecule has 11 heteroatoms. The van der Waals surface area contributed by atoms with Crippen molar-refractivity contribution < 1.29 is 22.7 Å². The first kappa shape index (κ1) is 23.6. The summed E-state index contributed by atoms with van der Waals surface area (Å²) in [6.45, 7) is 2.41. The highest BCUT2D eigenvalue weighted by Gasteiger charge is 2.26. The number of sulfonamides is 1. The molecule has 0 saturated carbocycles. The maximum absolute atomic E-state index is 12.8. The van der Waals surface area contributed by atoms with Crippen molar-refractivity contribution >= 4 is 38.4 Å². The second kappa shape index (κ2) is 9.74. The van der Waals surface area contributed by atoms with Gasteiger partial charge in [-0.15, -0.1) is 0 Å². The van der Waals surface area contributed by atoms with Crippen molar-refractivity contribution in [3.8, 4) is 0 Å². The van der Waals surface area contributed by atoms with Crippen LogP contribution in [0.25, 0.3) is 10.8 Å². The number of rotatable bonds is 6. The number of hydrogen-bond acceptors (Lipinski definition) is 7. The number of fused-ring (bicyclic) bond motifs is 1. The Balaban J connectivity index is 1.42. The molecule has 178 valence electrons. The average molecular weight is 485 g/mol. The Bertz CT molecular complexity index is 1380. The van der Waals surface area contributed by atoms with Crippen LogP contribution in [0.4, 0.5) is 5.69 Å². The van der Waals surface area contributed by atoms with E-state index in [9.17, 15) is 22.8 Å². The normalized spacial score (nSPS) is 15.6. The first-order valence-corrected chi connectivity index (χ1v) is 12.3. The molecule has 1 saturated heterocycles. The number of nitrogens with one attached hydrogen (secondary N) is 2. The van der Waals surface area contributed by atoms with E-state index in [2.05, 4.69) is 15.5 Å². The average Bonchev–Trinajstić information content (AvgIpc) is 2.85. The number of piperidine rings is 1. The number of hydrogen-bond donors (Lipinski definition) is 2. The topological polar surface area (TPSA) is 139 Å². The summed E-state index contributed by atoms with van der Waals surface area (Å²) in [4.78, 5) is 37.2. The third-order valence-electron chi connectivity index (χ3n) is 5.62. The van der Waals surface area contributed by atoms with E-state index < -0.39 is 33.6 Å². The maximum Gasteiger partial charge on any atom is 0.360 e. The van der Waals surface area contributed by atoms with E-state index in [0.717, 1.165) is 19.3 Å². The smallest absolute Gasteiger partial charge is 0.360 e. The Morgan fingerprint density at radius 3 is 2.35 bits per heavy atom. The fourth-order valence-electron chi connectivity index (χ4n) is 3.75. The van der Waals surface area contributed by atoms with Gasteiger partial charge in [0.1, 0.15) is 0 Å². The molecule has 0 spiro atoms. The molecule has 2 N–H and O–H groups in total. The molecule has 10 nitrogen and oxygen atoms in total. The number of esters is 1. The largest absolute Gasteiger partial charge is 0.448 e. The number of amides is 1. The molecule has 34 heavy (non-hydrogen) atoms. The number of H-pyrrole nitrogens is 1. The summed E-state index contributed by atoms with van der Waals surface area (Å²) >= 11 is 0. The quantitative estimate of drug-likeness (QED) is 0.512. The van der Waals surface area contributed by atoms with Crippen LogP contribution in [-0.4, -0.2) is 54.0 Å². The lowest BCUT2D eigenvalue weighted by molar-refractivity contribution is -0.123. The van der Waals surface area contributed by atoms with Gasteiger partial charge in [0, 0.05) is 24.2 Å². The summed E-state index contributed by atoms with van der Waals surface area (Å²) < 4.78 is 32.2. The van der Waals surface area contributed by atoms with Crippen LogP contribution in [0.15, 0.2) is 58.2 Å². The zero-order chi connectivity index (χ0) is 24.3. The molecular formula is C23H24N4O6S. The Morgan fingerprint density at radius 2 is 1.68 bits per heavy atom. The molecule has 1 aliphatic rings. The number of carbonyl (C=O) groups excluding carboxylic acids is 2. The van der Waals surface area contributed by atoms with Crippen LogP contribution in [0.5, 0.6) is 0 Å². The van der Waals surface area contributed by atoms with Crippen LogP contribution in [0.2, 0.25) is 0 Å². The van der Waals surface area contributed by atoms with E-state index in [0.29, 0.717) is 24.2 Å². The highest BCUT2D eigenvalue weighted by Crippen LogP contribution is 2.22. The van der Waals surface area contributed by atoms with Crippen molar-refractivity contribution in [3.05, 3.63) is 64.6 Å². The number of carbonyl (C=O) groups is 2. The molecule has 1 aromatic heterocycles. The molecule has 0 radical (unpaired) electrons. The molecule has 1 fully saturated rings. The van der Waals surface area contributed by atoms with Crippen LogP contribution >= 0.6 is 0 Å². The van der Waals surface area contributed by atoms with Gasteiger partial charge >= 0.3 is 5.97 Å². The number of anilines is 1. The summed E-state index contributed by atoms with van der Waals surface area (Å²) in [5, 5.41) is 9.21. The van der Waals surface area contributed by atoms with Crippen LogP contribution in [0.3, 0.4) is 0 Å². The predicted molar refractivity (Wildman–Crippen MR) is 125 cm³/mol. The molecule has 1 unspecified atom stereocenters. The van der Waals surface area contributed by atoms with Crippen molar-refractivity contribution in [2.24, 2.45) is 0 Å². The number of benzene rings is 2. The van der Waals surface area contributed by atoms with Crippen LogP contribution in [0.1, 0.15) is 36.7 Å². The van der Waals surface area contributed by atoms with Gasteiger partial charge in [-0.2, -0.15) is 9.40 Å². The summed E-state index contributed by atoms with van der Waals surface area (Å²) in [5.74, 6) is -1.47. The molecule has 1 atom stereocenters. The summed E-state index contributed by atoms with van der Waals surface area (Å²) in [5.41, 5.74) is -0.191. The van der Waals surface area contributed by atoms with Gasteiger partial charge in [0.2, 0.25) is 10.0 Å². The molecule has 0 aliphatic carbocycles. The maximum atomic E-state index is 12.8. The number of ether oxygens (including phenoxy) is 1. The van der Waals surface area contributed by atoms with E-state index in [-0.39, 0.29) is 16.0 Å². The van der Waals surface area contributed by atoms with Gasteiger partial charge in [-0.3, -0.25) is 9.59 Å². The van der Waals surface area contributed by atoms with Gasteiger partial charge in [0.15, 0.2) is 11.8 Å². The van der Waals surface area contributed by atoms with Gasteiger partial charge in [-0.05, 0) is 50.1 Å². The van der Waals surface area contributed by atoms with Gasteiger partial charge in [0.25, 0.3) is 11.5 Å². The first-order valence-electron chi connectivity index (χ1n) is 10.9. The Hall–Kier alpha value is -3.57. The zero-order valence-electron chi connectivity index (χ0n) is 18.5. The van der Waals surface area contributed by atoms with Crippen LogP contribution < -0.4 is 10.9 Å². The molecule has 0 bridgehead atoms. The molecule has 2 aromatic carbocycles. The Kier molecular flexibility index (Phi) is 6.75. The number of nitrogens with zero attached hydrogens (tertiary/aromatic N) is 2. The number of aromatic nitrogens is 2. The first-order chi connectivity index (χ1) is 16.3. The summed E-state index contributed by atoms with van der Waals surface area (Å²) in [6, 6.07) is 12.3. The highest BCUT2D eigenvalue weighted by atomic mass is 32.2. The summed E-state index contributed by atoms with van der Waals surface area (Å²) in [7, 11) is -3.57. The van der Waals surface area contributed by atoms with E-state index in [1.807, 2.05) is 0 Å². The molecular weight excluding hydrogens is 460 g/mol. The Morgan fingerprint density at radius 1 is 1.03 bits per heavy atom. The molecule has 3 aromatic rings. The van der Waals surface area contributed by atoms with Crippen molar-refractivity contribution in [2.45, 2.75) is 37.2 Å². The molecule has 2 heterocycles. The second-order valence-electron chi connectivity index (χ2n) is 7.97. The molecule has 4 rings (SSSR count). The van der Waals surface area contributed by atoms with Crippen molar-refractivity contribution in [3.63, 3.8) is 0 Å². The van der Waals surface area contributed by atoms with E-state index >= 15 is 0 Å². The summed E-state index contributed by atoms with van der Waals surface area (Å²) in [6.07, 6.45) is 1.54. The minimum absolute atomic E-state index is 0.109. The fraction of sp³-hybridized carbons (Fsp3) is 0.304. The number of aromatic amines is 1. The van der Waals surface area contributed by atoms with E-state index in [1.165, 1.54) is 35.5 Å². The van der Waals surface area contributed by atoms with Crippen molar-refractivity contribution in [1.82, 2.24) is 14.5 Å².